The maximum atomic E-state index is 13.0. The van der Waals surface area contributed by atoms with Gasteiger partial charge in [0.1, 0.15) is 18.2 Å². The summed E-state index contributed by atoms with van der Waals surface area (Å²) in [6.07, 6.45) is 3.85. The molecule has 5 nitrogen and oxygen atoms in total. The Kier molecular flexibility index (Phi) is 6.55. The lowest BCUT2D eigenvalue weighted by atomic mass is 10.00. The van der Waals surface area contributed by atoms with Gasteiger partial charge in [-0.1, -0.05) is 66.7 Å². The second-order valence-corrected chi connectivity index (χ2v) is 6.49. The minimum Gasteiger partial charge on any atom is -0.488 e. The first-order valence-electron chi connectivity index (χ1n) is 9.25. The predicted molar refractivity (Wildman–Crippen MR) is 116 cm³/mol. The molecule has 146 valence electrons. The molecule has 0 aliphatic carbocycles. The van der Waals surface area contributed by atoms with Crippen LogP contribution in [0.4, 0.5) is 0 Å². The van der Waals surface area contributed by atoms with Gasteiger partial charge < -0.3 is 16.2 Å². The number of amidine groups is 1. The van der Waals surface area contributed by atoms with Crippen LogP contribution in [0.25, 0.3) is 6.08 Å². The number of hydrogen-bond donors (Lipinski definition) is 3. The molecule has 0 saturated heterocycles. The summed E-state index contributed by atoms with van der Waals surface area (Å²) in [5.74, 6) is 0.182. The largest absolute Gasteiger partial charge is 0.488 e. The van der Waals surface area contributed by atoms with Crippen molar-refractivity contribution in [2.24, 2.45) is 11.5 Å². The van der Waals surface area contributed by atoms with E-state index >= 15 is 0 Å². The number of nitrogen functional groups attached to an aromatic ring is 1. The van der Waals surface area contributed by atoms with E-state index in [1.165, 1.54) is 0 Å². The van der Waals surface area contributed by atoms with Crippen molar-refractivity contribution in [3.05, 3.63) is 107 Å². The third-order valence-corrected chi connectivity index (χ3v) is 4.39. The van der Waals surface area contributed by atoms with E-state index in [2.05, 4.69) is 0 Å². The number of carbonyl (C=O) groups is 1. The van der Waals surface area contributed by atoms with E-state index in [4.69, 9.17) is 21.6 Å². The summed E-state index contributed by atoms with van der Waals surface area (Å²) >= 11 is 0. The van der Waals surface area contributed by atoms with Crippen LogP contribution in [0.1, 0.15) is 32.6 Å². The Labute approximate surface area is 170 Å². The number of rotatable bonds is 8. The number of hydrogen-bond acceptors (Lipinski definition) is 4. The molecule has 0 aliphatic rings. The molecule has 3 rings (SSSR count). The maximum Gasteiger partial charge on any atom is 0.196 e. The van der Waals surface area contributed by atoms with Crippen LogP contribution < -0.4 is 16.2 Å². The Morgan fingerprint density at radius 2 is 1.69 bits per heavy atom. The molecule has 0 fully saturated rings. The van der Waals surface area contributed by atoms with Gasteiger partial charge in [0.05, 0.1) is 5.56 Å². The van der Waals surface area contributed by atoms with Crippen molar-refractivity contribution in [3.63, 3.8) is 0 Å². The molecule has 3 aromatic carbocycles. The van der Waals surface area contributed by atoms with Crippen molar-refractivity contribution in [2.45, 2.75) is 6.61 Å². The van der Waals surface area contributed by atoms with Crippen molar-refractivity contribution in [1.29, 1.82) is 5.41 Å². The van der Waals surface area contributed by atoms with E-state index in [1.54, 1.807) is 30.3 Å². The monoisotopic (exact) mass is 385 g/mol. The fourth-order valence-corrected chi connectivity index (χ4v) is 2.84. The van der Waals surface area contributed by atoms with Gasteiger partial charge in [-0.2, -0.15) is 0 Å². The van der Waals surface area contributed by atoms with Crippen LogP contribution in [0.15, 0.2) is 78.9 Å². The topological polar surface area (TPSA) is 102 Å². The van der Waals surface area contributed by atoms with E-state index in [0.717, 1.165) is 11.1 Å². The molecule has 0 saturated carbocycles. The summed E-state index contributed by atoms with van der Waals surface area (Å²) < 4.78 is 5.95. The lowest BCUT2D eigenvalue weighted by Gasteiger charge is -2.13. The van der Waals surface area contributed by atoms with Gasteiger partial charge in [-0.3, -0.25) is 10.2 Å². The minimum atomic E-state index is -0.175. The Balaban J connectivity index is 1.84. The van der Waals surface area contributed by atoms with Crippen molar-refractivity contribution >= 4 is 17.7 Å². The third kappa shape index (κ3) is 5.18. The van der Waals surface area contributed by atoms with Gasteiger partial charge in [0.25, 0.3) is 0 Å². The van der Waals surface area contributed by atoms with Crippen molar-refractivity contribution in [3.8, 4) is 5.75 Å². The quantitative estimate of drug-likeness (QED) is 0.312. The van der Waals surface area contributed by atoms with E-state index in [-0.39, 0.29) is 11.6 Å². The number of carbonyl (C=O) groups excluding carboxylic acids is 1. The van der Waals surface area contributed by atoms with Gasteiger partial charge in [0.2, 0.25) is 0 Å². The SMILES string of the molecule is N=C(N)c1ccc(OCc2ccc(C=CCN)cc2)c(C(=O)c2ccccc2)c1. The molecule has 0 unspecified atom stereocenters. The van der Waals surface area contributed by atoms with Crippen LogP contribution in [0.3, 0.4) is 0 Å². The molecule has 0 aromatic heterocycles. The fraction of sp³-hybridized carbons (Fsp3) is 0.0833. The number of benzene rings is 3. The van der Waals surface area contributed by atoms with Gasteiger partial charge in [-0.05, 0) is 29.3 Å². The van der Waals surface area contributed by atoms with Crippen molar-refractivity contribution < 1.29 is 9.53 Å². The first kappa shape index (κ1) is 20.0. The summed E-state index contributed by atoms with van der Waals surface area (Å²) in [4.78, 5) is 13.0. The number of nitrogens with two attached hydrogens (primary N) is 2. The van der Waals surface area contributed by atoms with Crippen LogP contribution in [0.5, 0.6) is 5.75 Å². The Hall–Kier alpha value is -3.70. The van der Waals surface area contributed by atoms with Gasteiger partial charge in [0.15, 0.2) is 5.78 Å². The molecular formula is C24H23N3O2. The van der Waals surface area contributed by atoms with Gasteiger partial charge in [-0.25, -0.2) is 0 Å². The van der Waals surface area contributed by atoms with E-state index < -0.39 is 0 Å². The molecule has 3 aromatic rings. The molecule has 0 amide bonds. The van der Waals surface area contributed by atoms with E-state index in [1.807, 2.05) is 54.6 Å². The van der Waals surface area contributed by atoms with Crippen LogP contribution >= 0.6 is 0 Å². The first-order valence-corrected chi connectivity index (χ1v) is 9.25. The zero-order valence-corrected chi connectivity index (χ0v) is 16.0. The smallest absolute Gasteiger partial charge is 0.196 e. The molecule has 29 heavy (non-hydrogen) atoms. The molecular weight excluding hydrogens is 362 g/mol. The summed E-state index contributed by atoms with van der Waals surface area (Å²) in [5, 5.41) is 7.67. The lowest BCUT2D eigenvalue weighted by Crippen LogP contribution is -2.13. The zero-order valence-electron chi connectivity index (χ0n) is 16.0. The van der Waals surface area contributed by atoms with Crippen LogP contribution in [0.2, 0.25) is 0 Å². The van der Waals surface area contributed by atoms with Crippen LogP contribution in [-0.4, -0.2) is 18.2 Å². The second-order valence-electron chi connectivity index (χ2n) is 6.49. The minimum absolute atomic E-state index is 0.0974. The van der Waals surface area contributed by atoms with Gasteiger partial charge in [-0.15, -0.1) is 0 Å². The molecule has 0 aliphatic heterocycles. The molecule has 5 N–H and O–H groups in total. The maximum absolute atomic E-state index is 13.0. The predicted octanol–water partition coefficient (Wildman–Crippen LogP) is 3.75. The van der Waals surface area contributed by atoms with Crippen molar-refractivity contribution in [1.82, 2.24) is 0 Å². The van der Waals surface area contributed by atoms with Crippen LogP contribution in [0, 0.1) is 5.41 Å². The Morgan fingerprint density at radius 3 is 2.34 bits per heavy atom. The Bertz CT molecular complexity index is 1030. The molecule has 0 spiro atoms. The van der Waals surface area contributed by atoms with Crippen molar-refractivity contribution in [2.75, 3.05) is 6.54 Å². The number of ether oxygens (including phenoxy) is 1. The van der Waals surface area contributed by atoms with E-state index in [9.17, 15) is 4.79 Å². The average molecular weight is 385 g/mol. The first-order chi connectivity index (χ1) is 14.1. The molecule has 0 atom stereocenters. The highest BCUT2D eigenvalue weighted by Gasteiger charge is 2.16. The van der Waals surface area contributed by atoms with E-state index in [0.29, 0.717) is 35.6 Å². The third-order valence-electron chi connectivity index (χ3n) is 4.39. The molecule has 0 bridgehead atoms. The summed E-state index contributed by atoms with van der Waals surface area (Å²) in [6, 6.07) is 21.9. The highest BCUT2D eigenvalue weighted by Crippen LogP contribution is 2.24. The molecule has 5 heteroatoms. The highest BCUT2D eigenvalue weighted by molar-refractivity contribution is 6.12. The molecule has 0 radical (unpaired) electrons. The average Bonchev–Trinajstić information content (AvgIpc) is 2.77. The zero-order chi connectivity index (χ0) is 20.6. The standard InChI is InChI=1S/C24H23N3O2/c25-14-4-5-17-8-10-18(11-9-17)16-29-22-13-12-20(24(26)27)15-21(22)23(28)19-6-2-1-3-7-19/h1-13,15H,14,16,25H2,(H3,26,27). The van der Waals surface area contributed by atoms with Gasteiger partial charge in [0, 0.05) is 17.7 Å². The van der Waals surface area contributed by atoms with Crippen LogP contribution in [-0.2, 0) is 6.61 Å². The summed E-state index contributed by atoms with van der Waals surface area (Å²) in [7, 11) is 0. The normalized spacial score (nSPS) is 10.8. The summed E-state index contributed by atoms with van der Waals surface area (Å²) in [5.41, 5.74) is 14.5. The fourth-order valence-electron chi connectivity index (χ4n) is 2.84. The Morgan fingerprint density at radius 1 is 0.966 bits per heavy atom. The number of nitrogens with one attached hydrogen (secondary N) is 1. The van der Waals surface area contributed by atoms with Gasteiger partial charge >= 0.3 is 0 Å². The highest BCUT2D eigenvalue weighted by atomic mass is 16.5. The number of ketones is 1. The molecule has 0 heterocycles. The lowest BCUT2D eigenvalue weighted by molar-refractivity contribution is 0.103. The summed E-state index contributed by atoms with van der Waals surface area (Å²) in [6.45, 7) is 0.814. The second kappa shape index (κ2) is 9.48.